The molecular formula is C17H18N4O5. The third-order valence-electron chi connectivity index (χ3n) is 3.89. The molecule has 1 atom stereocenters. The summed E-state index contributed by atoms with van der Waals surface area (Å²) in [5.41, 5.74) is 0.525. The number of hydrogen-bond acceptors (Lipinski definition) is 6. The van der Waals surface area contributed by atoms with E-state index in [1.807, 2.05) is 0 Å². The van der Waals surface area contributed by atoms with E-state index < -0.39 is 12.1 Å². The second kappa shape index (κ2) is 7.68. The van der Waals surface area contributed by atoms with Gasteiger partial charge in [0.15, 0.2) is 0 Å². The predicted molar refractivity (Wildman–Crippen MR) is 90.2 cm³/mol. The molecule has 1 aliphatic rings. The minimum atomic E-state index is -0.725. The molecule has 2 aromatic rings. The van der Waals surface area contributed by atoms with Crippen molar-refractivity contribution >= 4 is 23.5 Å². The van der Waals surface area contributed by atoms with Gasteiger partial charge in [-0.3, -0.25) is 14.5 Å². The molecule has 9 nitrogen and oxygen atoms in total. The van der Waals surface area contributed by atoms with Crippen LogP contribution in [0.15, 0.2) is 41.1 Å². The molecule has 0 radical (unpaired) electrons. The van der Waals surface area contributed by atoms with E-state index in [-0.39, 0.29) is 31.2 Å². The Hall–Kier alpha value is -3.36. The number of anilines is 1. The van der Waals surface area contributed by atoms with Crippen molar-refractivity contribution in [3.8, 4) is 5.88 Å². The number of amides is 4. The smallest absolute Gasteiger partial charge is 0.325 e. The topological polar surface area (TPSA) is 114 Å². The maximum atomic E-state index is 12.3. The monoisotopic (exact) mass is 358 g/mol. The zero-order valence-corrected chi connectivity index (χ0v) is 14.1. The zero-order chi connectivity index (χ0) is 18.5. The van der Waals surface area contributed by atoms with Gasteiger partial charge in [0.2, 0.25) is 11.8 Å². The Morgan fingerprint density at radius 2 is 2.23 bits per heavy atom. The van der Waals surface area contributed by atoms with E-state index in [0.29, 0.717) is 17.3 Å². The third-order valence-corrected chi connectivity index (χ3v) is 3.89. The molecular weight excluding hydrogens is 340 g/mol. The lowest BCUT2D eigenvalue weighted by Gasteiger charge is -2.11. The molecule has 2 aromatic heterocycles. The molecule has 3 heterocycles. The summed E-state index contributed by atoms with van der Waals surface area (Å²) in [5, 5.41) is 5.27. The van der Waals surface area contributed by atoms with Crippen LogP contribution in [0.25, 0.3) is 0 Å². The zero-order valence-electron chi connectivity index (χ0n) is 14.1. The summed E-state index contributed by atoms with van der Waals surface area (Å²) in [5.74, 6) is 0.312. The van der Waals surface area contributed by atoms with Crippen molar-refractivity contribution in [2.45, 2.75) is 25.4 Å². The number of rotatable bonds is 7. The highest BCUT2D eigenvalue weighted by Gasteiger charge is 2.38. The number of aromatic nitrogens is 1. The van der Waals surface area contributed by atoms with Crippen LogP contribution >= 0.6 is 0 Å². The highest BCUT2D eigenvalue weighted by atomic mass is 16.5. The molecule has 4 amide bonds. The fraction of sp³-hybridized carbons (Fsp3) is 0.294. The van der Waals surface area contributed by atoms with Gasteiger partial charge in [-0.15, -0.1) is 0 Å². The van der Waals surface area contributed by atoms with Crippen molar-refractivity contribution < 1.29 is 23.5 Å². The van der Waals surface area contributed by atoms with Crippen molar-refractivity contribution in [3.63, 3.8) is 0 Å². The van der Waals surface area contributed by atoms with Crippen LogP contribution in [0.4, 0.5) is 10.5 Å². The molecule has 136 valence electrons. The maximum Gasteiger partial charge on any atom is 0.325 e. The average Bonchev–Trinajstić information content (AvgIpc) is 3.24. The first kappa shape index (κ1) is 17.5. The Labute approximate surface area is 149 Å². The molecule has 26 heavy (non-hydrogen) atoms. The molecule has 1 aliphatic heterocycles. The second-order valence-corrected chi connectivity index (χ2v) is 5.68. The standard InChI is InChI=1S/C17H18N4O5/c1-25-15-7-4-11(9-18-15)19-14(22)6-5-13-16(23)21(17(24)20-13)10-12-3-2-8-26-12/h2-4,7-9,13H,5-6,10H2,1H3,(H,19,22)(H,20,24)/t13-/m1/s1. The molecule has 1 fully saturated rings. The van der Waals surface area contributed by atoms with E-state index in [9.17, 15) is 14.4 Å². The van der Waals surface area contributed by atoms with E-state index in [4.69, 9.17) is 9.15 Å². The second-order valence-electron chi connectivity index (χ2n) is 5.68. The number of nitrogens with one attached hydrogen (secondary N) is 2. The third kappa shape index (κ3) is 4.00. The molecule has 0 bridgehead atoms. The minimum Gasteiger partial charge on any atom is -0.481 e. The van der Waals surface area contributed by atoms with Gasteiger partial charge >= 0.3 is 6.03 Å². The number of hydrogen-bond donors (Lipinski definition) is 2. The number of carbonyl (C=O) groups excluding carboxylic acids is 3. The SMILES string of the molecule is COc1ccc(NC(=O)CC[C@H]2NC(=O)N(Cc3ccco3)C2=O)cn1. The van der Waals surface area contributed by atoms with Crippen molar-refractivity contribution in [1.29, 1.82) is 0 Å². The number of furan rings is 1. The van der Waals surface area contributed by atoms with Crippen LogP contribution in [0.3, 0.4) is 0 Å². The molecule has 0 aromatic carbocycles. The molecule has 9 heteroatoms. The van der Waals surface area contributed by atoms with E-state index in [1.165, 1.54) is 19.6 Å². The van der Waals surface area contributed by atoms with E-state index in [2.05, 4.69) is 15.6 Å². The van der Waals surface area contributed by atoms with Crippen LogP contribution < -0.4 is 15.4 Å². The van der Waals surface area contributed by atoms with Gasteiger partial charge in [0.1, 0.15) is 11.8 Å². The summed E-state index contributed by atoms with van der Waals surface area (Å²) in [6.45, 7) is 0.0673. The van der Waals surface area contributed by atoms with Gasteiger partial charge in [0.25, 0.3) is 5.91 Å². The molecule has 3 rings (SSSR count). The number of ether oxygens (including phenoxy) is 1. The lowest BCUT2D eigenvalue weighted by atomic mass is 10.1. The summed E-state index contributed by atoms with van der Waals surface area (Å²) in [6, 6.07) is 5.45. The Balaban J connectivity index is 1.50. The van der Waals surface area contributed by atoms with Gasteiger partial charge in [-0.2, -0.15) is 0 Å². The van der Waals surface area contributed by atoms with Gasteiger partial charge in [0, 0.05) is 12.5 Å². The van der Waals surface area contributed by atoms with E-state index in [1.54, 1.807) is 24.3 Å². The Kier molecular flexibility index (Phi) is 5.16. The molecule has 0 spiro atoms. The highest BCUT2D eigenvalue weighted by molar-refractivity contribution is 6.04. The first-order valence-electron chi connectivity index (χ1n) is 8.01. The van der Waals surface area contributed by atoms with Crippen molar-refractivity contribution in [1.82, 2.24) is 15.2 Å². The number of pyridine rings is 1. The molecule has 0 aliphatic carbocycles. The van der Waals surface area contributed by atoms with Crippen molar-refractivity contribution in [2.75, 3.05) is 12.4 Å². The van der Waals surface area contributed by atoms with E-state index >= 15 is 0 Å². The summed E-state index contributed by atoms with van der Waals surface area (Å²) >= 11 is 0. The van der Waals surface area contributed by atoms with Gasteiger partial charge in [0.05, 0.1) is 31.8 Å². The van der Waals surface area contributed by atoms with Crippen LogP contribution in [0.2, 0.25) is 0 Å². The molecule has 0 saturated carbocycles. The number of carbonyl (C=O) groups is 3. The van der Waals surface area contributed by atoms with Crippen molar-refractivity contribution in [3.05, 3.63) is 42.5 Å². The molecule has 0 unspecified atom stereocenters. The van der Waals surface area contributed by atoms with Crippen molar-refractivity contribution in [2.24, 2.45) is 0 Å². The fourth-order valence-electron chi connectivity index (χ4n) is 2.55. The quantitative estimate of drug-likeness (QED) is 0.726. The molecule has 1 saturated heterocycles. The number of nitrogens with zero attached hydrogens (tertiary/aromatic N) is 2. The van der Waals surface area contributed by atoms with E-state index in [0.717, 1.165) is 4.90 Å². The van der Waals surface area contributed by atoms with Gasteiger partial charge in [-0.25, -0.2) is 9.78 Å². The number of urea groups is 1. The normalized spacial score (nSPS) is 16.5. The van der Waals surface area contributed by atoms with Crippen LogP contribution in [0.1, 0.15) is 18.6 Å². The first-order chi connectivity index (χ1) is 12.6. The van der Waals surface area contributed by atoms with Crippen LogP contribution in [-0.4, -0.2) is 40.9 Å². The minimum absolute atomic E-state index is 0.0673. The Morgan fingerprint density at radius 1 is 1.38 bits per heavy atom. The lowest BCUT2D eigenvalue weighted by Crippen LogP contribution is -2.31. The maximum absolute atomic E-state index is 12.3. The summed E-state index contributed by atoms with van der Waals surface area (Å²) in [6.07, 6.45) is 3.24. The van der Waals surface area contributed by atoms with Crippen LogP contribution in [0, 0.1) is 0 Å². The summed E-state index contributed by atoms with van der Waals surface area (Å²) < 4.78 is 10.1. The Bertz CT molecular complexity index is 788. The summed E-state index contributed by atoms with van der Waals surface area (Å²) in [4.78, 5) is 41.4. The number of imide groups is 1. The fourth-order valence-corrected chi connectivity index (χ4v) is 2.55. The van der Waals surface area contributed by atoms with Gasteiger partial charge < -0.3 is 19.8 Å². The van der Waals surface area contributed by atoms with Gasteiger partial charge in [-0.05, 0) is 24.6 Å². The van der Waals surface area contributed by atoms with Crippen LogP contribution in [-0.2, 0) is 16.1 Å². The summed E-state index contributed by atoms with van der Waals surface area (Å²) in [7, 11) is 1.50. The predicted octanol–water partition coefficient (Wildman–Crippen LogP) is 1.52. The Morgan fingerprint density at radius 3 is 2.88 bits per heavy atom. The molecule has 2 N–H and O–H groups in total. The highest BCUT2D eigenvalue weighted by Crippen LogP contribution is 2.16. The number of methoxy groups -OCH3 is 1. The first-order valence-corrected chi connectivity index (χ1v) is 8.01. The van der Waals surface area contributed by atoms with Crippen LogP contribution in [0.5, 0.6) is 5.88 Å². The van der Waals surface area contributed by atoms with Gasteiger partial charge in [-0.1, -0.05) is 0 Å². The average molecular weight is 358 g/mol. The lowest BCUT2D eigenvalue weighted by molar-refractivity contribution is -0.128. The largest absolute Gasteiger partial charge is 0.481 e.